The Morgan fingerprint density at radius 2 is 1.70 bits per heavy atom. The largest absolute Gasteiger partial charge is 0.299 e. The summed E-state index contributed by atoms with van der Waals surface area (Å²) in [6.45, 7) is 14.0. The fourth-order valence-corrected chi connectivity index (χ4v) is 3.90. The van der Waals surface area contributed by atoms with Gasteiger partial charge in [-0.15, -0.1) is 0 Å². The van der Waals surface area contributed by atoms with E-state index in [-0.39, 0.29) is 5.82 Å². The van der Waals surface area contributed by atoms with Gasteiger partial charge in [0.2, 0.25) is 0 Å². The lowest BCUT2D eigenvalue weighted by atomic mass is 10.1. The number of nitrogens with zero attached hydrogens (tertiary/aromatic N) is 3. The second-order valence-electron chi connectivity index (χ2n) is 7.12. The van der Waals surface area contributed by atoms with Gasteiger partial charge in [0.1, 0.15) is 5.82 Å². The zero-order valence-electron chi connectivity index (χ0n) is 20.4. The molecule has 4 heteroatoms. The molecule has 0 N–H and O–H groups in total. The Hall–Kier alpha value is -1.78. The molecule has 2 saturated heterocycles. The van der Waals surface area contributed by atoms with Crippen LogP contribution in [0.15, 0.2) is 53.6 Å². The van der Waals surface area contributed by atoms with Crippen LogP contribution in [0.5, 0.6) is 0 Å². The third-order valence-corrected chi connectivity index (χ3v) is 5.25. The van der Waals surface area contributed by atoms with Crippen LogP contribution in [0.4, 0.5) is 4.39 Å². The first-order valence-corrected chi connectivity index (χ1v) is 11.5. The van der Waals surface area contributed by atoms with Crippen molar-refractivity contribution in [3.05, 3.63) is 60.0 Å². The standard InChI is InChI=1S/C11H14FN.C11H18N2.2C2H6/c1-13-7-3-6-11(13)9-4-2-5-10(12)8-9;1-4-6-10(9-12-2)11-7-5-8-13(11)3;2*1-2/h2,4-5,8,11H,3,6-7H2,1H3;4,6,9,11H,1,5,7-8H2,2-3H3;2*1-2H3/b;10-6+,12-9?;;. The number of aliphatic imine (C=N–C) groups is 1. The molecule has 170 valence electrons. The Labute approximate surface area is 185 Å². The van der Waals surface area contributed by atoms with E-state index in [1.165, 1.54) is 37.4 Å². The van der Waals surface area contributed by atoms with Crippen molar-refractivity contribution < 1.29 is 4.39 Å². The molecule has 0 radical (unpaired) electrons. The molecule has 2 heterocycles. The highest BCUT2D eigenvalue weighted by atomic mass is 19.1. The summed E-state index contributed by atoms with van der Waals surface area (Å²) in [6.07, 6.45) is 10.7. The third-order valence-electron chi connectivity index (χ3n) is 5.25. The van der Waals surface area contributed by atoms with Gasteiger partial charge in [-0.25, -0.2) is 4.39 Å². The maximum atomic E-state index is 12.9. The van der Waals surface area contributed by atoms with Crippen molar-refractivity contribution in [1.29, 1.82) is 0 Å². The smallest absolute Gasteiger partial charge is 0.123 e. The monoisotopic (exact) mass is 417 g/mol. The molecule has 2 fully saturated rings. The maximum Gasteiger partial charge on any atom is 0.123 e. The van der Waals surface area contributed by atoms with Crippen molar-refractivity contribution in [2.75, 3.05) is 34.2 Å². The average molecular weight is 418 g/mol. The van der Waals surface area contributed by atoms with E-state index in [0.717, 1.165) is 18.5 Å². The highest BCUT2D eigenvalue weighted by Gasteiger charge is 2.23. The molecule has 0 aromatic heterocycles. The van der Waals surface area contributed by atoms with Gasteiger partial charge in [-0.1, -0.05) is 58.6 Å². The topological polar surface area (TPSA) is 18.8 Å². The second-order valence-corrected chi connectivity index (χ2v) is 7.12. The molecule has 0 bridgehead atoms. The van der Waals surface area contributed by atoms with E-state index in [9.17, 15) is 4.39 Å². The second kappa shape index (κ2) is 17.0. The van der Waals surface area contributed by atoms with Gasteiger partial charge in [0.15, 0.2) is 0 Å². The predicted molar refractivity (Wildman–Crippen MR) is 132 cm³/mol. The molecule has 2 aliphatic heterocycles. The predicted octanol–water partition coefficient (Wildman–Crippen LogP) is 6.54. The minimum atomic E-state index is -0.127. The Morgan fingerprint density at radius 1 is 1.07 bits per heavy atom. The van der Waals surface area contributed by atoms with Crippen molar-refractivity contribution in [2.45, 2.75) is 65.5 Å². The molecule has 1 aromatic carbocycles. The first kappa shape index (κ1) is 28.2. The van der Waals surface area contributed by atoms with Crippen LogP contribution in [0.2, 0.25) is 0 Å². The Morgan fingerprint density at radius 3 is 2.17 bits per heavy atom. The van der Waals surface area contributed by atoms with Gasteiger partial charge in [0, 0.05) is 25.3 Å². The van der Waals surface area contributed by atoms with Gasteiger partial charge in [-0.05, 0) is 76.1 Å². The number of rotatable bonds is 4. The van der Waals surface area contributed by atoms with Gasteiger partial charge in [-0.2, -0.15) is 0 Å². The number of hydrogen-bond donors (Lipinski definition) is 0. The molecule has 2 unspecified atom stereocenters. The molecule has 2 atom stereocenters. The Balaban J connectivity index is 0.000000481. The summed E-state index contributed by atoms with van der Waals surface area (Å²) in [5.41, 5.74) is 2.39. The molecular weight excluding hydrogens is 373 g/mol. The fraction of sp³-hybridized carbons (Fsp3) is 0.577. The first-order chi connectivity index (χ1) is 14.6. The molecule has 1 aromatic rings. The van der Waals surface area contributed by atoms with Crippen molar-refractivity contribution in [3.63, 3.8) is 0 Å². The van der Waals surface area contributed by atoms with Gasteiger partial charge >= 0.3 is 0 Å². The van der Waals surface area contributed by atoms with Gasteiger partial charge < -0.3 is 0 Å². The molecule has 0 spiro atoms. The summed E-state index contributed by atoms with van der Waals surface area (Å²) in [6, 6.07) is 7.91. The highest BCUT2D eigenvalue weighted by molar-refractivity contribution is 5.80. The van der Waals surface area contributed by atoms with E-state index < -0.39 is 0 Å². The minimum absolute atomic E-state index is 0.127. The van der Waals surface area contributed by atoms with Crippen LogP contribution in [-0.4, -0.2) is 56.3 Å². The lowest BCUT2D eigenvalue weighted by Gasteiger charge is -2.19. The van der Waals surface area contributed by atoms with E-state index in [0.29, 0.717) is 12.1 Å². The zero-order valence-corrected chi connectivity index (χ0v) is 20.4. The normalized spacial score (nSPS) is 21.8. The number of halogens is 1. The average Bonchev–Trinajstić information content (AvgIpc) is 3.39. The minimum Gasteiger partial charge on any atom is -0.299 e. The Kier molecular flexibility index (Phi) is 16.0. The van der Waals surface area contributed by atoms with Gasteiger partial charge in [0.25, 0.3) is 0 Å². The van der Waals surface area contributed by atoms with Gasteiger partial charge in [-0.3, -0.25) is 14.8 Å². The lowest BCUT2D eigenvalue weighted by Crippen LogP contribution is -2.27. The van der Waals surface area contributed by atoms with Crippen LogP contribution in [0.25, 0.3) is 0 Å². The molecule has 3 rings (SSSR count). The quantitative estimate of drug-likeness (QED) is 0.409. The van der Waals surface area contributed by atoms with E-state index in [1.54, 1.807) is 12.1 Å². The summed E-state index contributed by atoms with van der Waals surface area (Å²) in [5, 5.41) is 0. The lowest BCUT2D eigenvalue weighted by molar-refractivity contribution is 0.317. The molecule has 0 saturated carbocycles. The molecule has 0 aliphatic carbocycles. The number of allylic oxidation sites excluding steroid dienone is 2. The number of likely N-dealkylation sites (N-methyl/N-ethyl adjacent to an activating group) is 1. The third kappa shape index (κ3) is 9.36. The van der Waals surface area contributed by atoms with Gasteiger partial charge in [0.05, 0.1) is 0 Å². The Bertz CT molecular complexity index is 639. The number of hydrogen-bond acceptors (Lipinski definition) is 3. The molecule has 2 aliphatic rings. The van der Waals surface area contributed by atoms with Crippen LogP contribution >= 0.6 is 0 Å². The van der Waals surface area contributed by atoms with Crippen molar-refractivity contribution in [1.82, 2.24) is 9.80 Å². The SMILES string of the molecule is C=C/C=C(\C=NC)C1CCCN1C.CC.CC.CN1CCCC1c1cccc(F)c1. The van der Waals surface area contributed by atoms with E-state index in [2.05, 4.69) is 41.5 Å². The van der Waals surface area contributed by atoms with E-state index >= 15 is 0 Å². The van der Waals surface area contributed by atoms with Crippen LogP contribution in [0.3, 0.4) is 0 Å². The first-order valence-electron chi connectivity index (χ1n) is 11.5. The van der Waals surface area contributed by atoms with E-state index in [1.807, 2.05) is 53.1 Å². The van der Waals surface area contributed by atoms with Crippen molar-refractivity contribution >= 4 is 6.21 Å². The highest BCUT2D eigenvalue weighted by Crippen LogP contribution is 2.30. The van der Waals surface area contributed by atoms with Crippen LogP contribution in [0, 0.1) is 5.82 Å². The molecule has 0 amide bonds. The summed E-state index contributed by atoms with van der Waals surface area (Å²) >= 11 is 0. The zero-order chi connectivity index (χ0) is 22.9. The van der Waals surface area contributed by atoms with Crippen LogP contribution < -0.4 is 0 Å². The molecule has 3 nitrogen and oxygen atoms in total. The maximum absolute atomic E-state index is 12.9. The summed E-state index contributed by atoms with van der Waals surface area (Å²) in [5.74, 6) is -0.127. The summed E-state index contributed by atoms with van der Waals surface area (Å²) in [4.78, 5) is 8.72. The number of likely N-dealkylation sites (tertiary alicyclic amines) is 2. The van der Waals surface area contributed by atoms with E-state index in [4.69, 9.17) is 0 Å². The molecular formula is C26H44FN3. The van der Waals surface area contributed by atoms with Crippen molar-refractivity contribution in [3.8, 4) is 0 Å². The van der Waals surface area contributed by atoms with Crippen LogP contribution in [-0.2, 0) is 0 Å². The summed E-state index contributed by atoms with van der Waals surface area (Å²) in [7, 11) is 6.08. The number of benzene rings is 1. The fourth-order valence-electron chi connectivity index (χ4n) is 3.90. The van der Waals surface area contributed by atoms with Crippen LogP contribution in [0.1, 0.15) is 65.0 Å². The molecule has 30 heavy (non-hydrogen) atoms. The summed E-state index contributed by atoms with van der Waals surface area (Å²) < 4.78 is 12.9. The van der Waals surface area contributed by atoms with Crippen molar-refractivity contribution in [2.24, 2.45) is 4.99 Å².